The van der Waals surface area contributed by atoms with Crippen molar-refractivity contribution in [3.05, 3.63) is 65.3 Å². The van der Waals surface area contributed by atoms with Gasteiger partial charge in [-0.05, 0) is 31.0 Å². The Balaban J connectivity index is 1.29. The fourth-order valence-electron chi connectivity index (χ4n) is 4.12. The molecule has 3 N–H and O–H groups in total. The van der Waals surface area contributed by atoms with Gasteiger partial charge >= 0.3 is 6.03 Å². The Hall–Kier alpha value is -3.99. The van der Waals surface area contributed by atoms with E-state index in [0.29, 0.717) is 30.2 Å². The summed E-state index contributed by atoms with van der Waals surface area (Å²) in [6.07, 6.45) is 3.25. The molecule has 3 heterocycles. The van der Waals surface area contributed by atoms with Crippen molar-refractivity contribution in [1.82, 2.24) is 24.4 Å². The number of para-hydroxylation sites is 1. The summed E-state index contributed by atoms with van der Waals surface area (Å²) in [5.74, 6) is -0.948. The van der Waals surface area contributed by atoms with Crippen LogP contribution in [0.25, 0.3) is 11.2 Å². The minimum atomic E-state index is -0.835. The number of aromatic nitrogens is 4. The zero-order valence-electron chi connectivity index (χ0n) is 19.3. The molecule has 0 radical (unpaired) electrons. The first-order valence-corrected chi connectivity index (χ1v) is 11.7. The van der Waals surface area contributed by atoms with Crippen molar-refractivity contribution in [2.75, 3.05) is 29.0 Å². The first-order chi connectivity index (χ1) is 17.4. The number of imidazole rings is 1. The van der Waals surface area contributed by atoms with E-state index in [-0.39, 0.29) is 28.7 Å². The smallest absolute Gasteiger partial charge is 0.321 e. The first-order valence-electron chi connectivity index (χ1n) is 11.4. The van der Waals surface area contributed by atoms with Gasteiger partial charge in [0.25, 0.3) is 0 Å². The number of piperidine rings is 1. The number of rotatable bonds is 5. The van der Waals surface area contributed by atoms with Crippen molar-refractivity contribution in [1.29, 1.82) is 0 Å². The highest BCUT2D eigenvalue weighted by Crippen LogP contribution is 2.30. The Bertz CT molecular complexity index is 1390. The Kier molecular flexibility index (Phi) is 6.55. The molecule has 5 rings (SSSR count). The molecular weight excluding hydrogens is 490 g/mol. The lowest BCUT2D eigenvalue weighted by molar-refractivity contribution is 0.196. The van der Waals surface area contributed by atoms with E-state index in [1.54, 1.807) is 22.7 Å². The van der Waals surface area contributed by atoms with Gasteiger partial charge in [-0.25, -0.2) is 23.5 Å². The summed E-state index contributed by atoms with van der Waals surface area (Å²) in [6, 6.07) is 10.9. The molecule has 9 nitrogen and oxygen atoms in total. The number of halogens is 3. The van der Waals surface area contributed by atoms with Crippen molar-refractivity contribution in [2.45, 2.75) is 18.9 Å². The number of nitrogens with zero attached hydrogens (tertiary/aromatic N) is 5. The molecule has 1 aliphatic heterocycles. The van der Waals surface area contributed by atoms with Crippen molar-refractivity contribution in [3.63, 3.8) is 0 Å². The van der Waals surface area contributed by atoms with Crippen LogP contribution in [0.5, 0.6) is 0 Å². The van der Waals surface area contributed by atoms with Gasteiger partial charge in [0.1, 0.15) is 11.3 Å². The van der Waals surface area contributed by atoms with Gasteiger partial charge in [0.2, 0.25) is 11.9 Å². The standard InChI is InChI=1S/C24H23ClF2N8O/c1-34-21-19(31-23(34)32-20-17(25)10-14(26)11-18(20)27)12-28-22(33-21)29-16-8-5-9-35(13-16)24(36)30-15-6-3-2-4-7-15/h2-4,6-7,10-12,16H,5,8-9,13H2,1H3,(H,30,36)(H,31,32)(H,28,29,33)/t16-/m1/s1. The second kappa shape index (κ2) is 9.94. The lowest BCUT2D eigenvalue weighted by Crippen LogP contribution is -2.47. The van der Waals surface area contributed by atoms with Gasteiger partial charge in [-0.2, -0.15) is 4.98 Å². The quantitative estimate of drug-likeness (QED) is 0.342. The van der Waals surface area contributed by atoms with Crippen LogP contribution in [0.1, 0.15) is 12.8 Å². The van der Waals surface area contributed by atoms with Gasteiger partial charge in [-0.15, -0.1) is 0 Å². The summed E-state index contributed by atoms with van der Waals surface area (Å²) in [7, 11) is 1.71. The maximum absolute atomic E-state index is 14.2. The number of hydrogen-bond acceptors (Lipinski definition) is 6. The first kappa shape index (κ1) is 23.7. The molecule has 0 bridgehead atoms. The number of likely N-dealkylation sites (tertiary alicyclic amines) is 1. The second-order valence-corrected chi connectivity index (χ2v) is 8.90. The Labute approximate surface area is 210 Å². The monoisotopic (exact) mass is 512 g/mol. The van der Waals surface area contributed by atoms with Crippen LogP contribution >= 0.6 is 11.6 Å². The van der Waals surface area contributed by atoms with E-state index in [1.807, 2.05) is 30.3 Å². The van der Waals surface area contributed by atoms with Crippen LogP contribution in [0.2, 0.25) is 5.02 Å². The average molecular weight is 513 g/mol. The fraction of sp³-hybridized carbons (Fsp3) is 0.250. The molecular formula is C24H23ClF2N8O. The lowest BCUT2D eigenvalue weighted by Gasteiger charge is -2.33. The van der Waals surface area contributed by atoms with Crippen molar-refractivity contribution >= 4 is 52.1 Å². The van der Waals surface area contributed by atoms with Crippen LogP contribution in [0, 0.1) is 11.6 Å². The Morgan fingerprint density at radius 1 is 1.17 bits per heavy atom. The normalized spacial score (nSPS) is 15.7. The summed E-state index contributed by atoms with van der Waals surface area (Å²) < 4.78 is 29.2. The molecule has 1 saturated heterocycles. The van der Waals surface area contributed by atoms with Crippen LogP contribution in [-0.2, 0) is 7.05 Å². The van der Waals surface area contributed by atoms with Crippen LogP contribution in [-0.4, -0.2) is 49.6 Å². The number of aryl methyl sites for hydroxylation is 1. The molecule has 0 saturated carbocycles. The van der Waals surface area contributed by atoms with Crippen molar-refractivity contribution in [3.8, 4) is 0 Å². The zero-order valence-corrected chi connectivity index (χ0v) is 20.1. The summed E-state index contributed by atoms with van der Waals surface area (Å²) in [5.41, 5.74) is 1.65. The largest absolute Gasteiger partial charge is 0.350 e. The number of hydrogen-bond donors (Lipinski definition) is 3. The average Bonchev–Trinajstić information content (AvgIpc) is 3.17. The number of urea groups is 1. The zero-order chi connectivity index (χ0) is 25.2. The molecule has 1 aliphatic rings. The van der Waals surface area contributed by atoms with Gasteiger partial charge < -0.3 is 20.9 Å². The number of benzene rings is 2. The fourth-order valence-corrected chi connectivity index (χ4v) is 4.36. The van der Waals surface area contributed by atoms with E-state index in [0.717, 1.165) is 30.7 Å². The van der Waals surface area contributed by atoms with Crippen LogP contribution in [0.3, 0.4) is 0 Å². The van der Waals surface area contributed by atoms with E-state index in [2.05, 4.69) is 30.9 Å². The highest BCUT2D eigenvalue weighted by molar-refractivity contribution is 6.33. The van der Waals surface area contributed by atoms with E-state index in [1.165, 1.54) is 0 Å². The van der Waals surface area contributed by atoms with Gasteiger partial charge in [0.05, 0.1) is 16.9 Å². The summed E-state index contributed by atoms with van der Waals surface area (Å²) in [5, 5.41) is 8.92. The van der Waals surface area contributed by atoms with Gasteiger partial charge in [0.15, 0.2) is 11.5 Å². The molecule has 0 unspecified atom stereocenters. The predicted molar refractivity (Wildman–Crippen MR) is 135 cm³/mol. The molecule has 12 heteroatoms. The molecule has 1 atom stereocenters. The second-order valence-electron chi connectivity index (χ2n) is 8.49. The molecule has 1 fully saturated rings. The molecule has 0 spiro atoms. The third-order valence-corrected chi connectivity index (χ3v) is 6.22. The van der Waals surface area contributed by atoms with Crippen LogP contribution in [0.15, 0.2) is 48.7 Å². The molecule has 2 aromatic heterocycles. The maximum Gasteiger partial charge on any atom is 0.321 e. The number of carbonyl (C=O) groups excluding carboxylic acids is 1. The van der Waals surface area contributed by atoms with Crippen LogP contribution in [0.4, 0.5) is 36.8 Å². The SMILES string of the molecule is Cn1c(Nc2c(F)cc(F)cc2Cl)nc2cnc(N[C@@H]3CCCN(C(=O)Nc4ccccc4)C3)nc21. The van der Waals surface area contributed by atoms with Crippen molar-refractivity contribution < 1.29 is 13.6 Å². The Morgan fingerprint density at radius 3 is 2.75 bits per heavy atom. The minimum absolute atomic E-state index is 0.0318. The van der Waals surface area contributed by atoms with Gasteiger partial charge in [0, 0.05) is 37.9 Å². The highest BCUT2D eigenvalue weighted by atomic mass is 35.5. The summed E-state index contributed by atoms with van der Waals surface area (Å²) in [6.45, 7) is 1.16. The lowest BCUT2D eigenvalue weighted by atomic mass is 10.1. The van der Waals surface area contributed by atoms with E-state index in [4.69, 9.17) is 11.6 Å². The summed E-state index contributed by atoms with van der Waals surface area (Å²) in [4.78, 5) is 27.8. The number of nitrogens with one attached hydrogen (secondary N) is 3. The molecule has 4 aromatic rings. The van der Waals surface area contributed by atoms with Gasteiger partial charge in [-0.1, -0.05) is 29.8 Å². The van der Waals surface area contributed by atoms with Gasteiger partial charge in [-0.3, -0.25) is 4.57 Å². The third-order valence-electron chi connectivity index (χ3n) is 5.92. The molecule has 186 valence electrons. The van der Waals surface area contributed by atoms with E-state index in [9.17, 15) is 13.6 Å². The third kappa shape index (κ3) is 5.01. The highest BCUT2D eigenvalue weighted by Gasteiger charge is 2.25. The van der Waals surface area contributed by atoms with E-state index < -0.39 is 11.6 Å². The molecule has 2 aromatic carbocycles. The number of anilines is 4. The Morgan fingerprint density at radius 2 is 1.97 bits per heavy atom. The number of carbonyl (C=O) groups is 1. The molecule has 0 aliphatic carbocycles. The maximum atomic E-state index is 14.2. The van der Waals surface area contributed by atoms with Crippen molar-refractivity contribution in [2.24, 2.45) is 7.05 Å². The van der Waals surface area contributed by atoms with E-state index >= 15 is 0 Å². The molecule has 2 amide bonds. The predicted octanol–water partition coefficient (Wildman–Crippen LogP) is 5.15. The number of amides is 2. The number of fused-ring (bicyclic) bond motifs is 1. The topological polar surface area (TPSA) is 100 Å². The van der Waals surface area contributed by atoms with Crippen LogP contribution < -0.4 is 16.0 Å². The molecule has 36 heavy (non-hydrogen) atoms. The minimum Gasteiger partial charge on any atom is -0.350 e. The summed E-state index contributed by atoms with van der Waals surface area (Å²) >= 11 is 6.00.